The van der Waals surface area contributed by atoms with Crippen molar-refractivity contribution in [1.82, 2.24) is 10.6 Å². The largest absolute Gasteiger partial charge is 0.355 e. The highest BCUT2D eigenvalue weighted by atomic mass is 16.1. The average Bonchev–Trinajstić information content (AvgIpc) is 2.35. The third-order valence-corrected chi connectivity index (χ3v) is 3.28. The van der Waals surface area contributed by atoms with Crippen LogP contribution in [-0.4, -0.2) is 25.0 Å². The second kappa shape index (κ2) is 7.95. The Bertz CT molecular complexity index is 415. The van der Waals surface area contributed by atoms with Crippen LogP contribution in [0.4, 0.5) is 0 Å². The normalized spacial score (nSPS) is 12.2. The predicted octanol–water partition coefficient (Wildman–Crippen LogP) is 2.35. The van der Waals surface area contributed by atoms with E-state index in [-0.39, 0.29) is 5.91 Å². The zero-order valence-electron chi connectivity index (χ0n) is 12.5. The van der Waals surface area contributed by atoms with Crippen LogP contribution in [0.2, 0.25) is 0 Å². The van der Waals surface area contributed by atoms with Crippen molar-refractivity contribution < 1.29 is 4.79 Å². The Morgan fingerprint density at radius 2 is 2.05 bits per heavy atom. The van der Waals surface area contributed by atoms with Gasteiger partial charge in [-0.2, -0.15) is 0 Å². The van der Waals surface area contributed by atoms with E-state index in [9.17, 15) is 4.79 Å². The minimum atomic E-state index is 0.129. The highest BCUT2D eigenvalue weighted by molar-refractivity contribution is 5.76. The molecule has 0 fully saturated rings. The van der Waals surface area contributed by atoms with E-state index in [4.69, 9.17) is 0 Å². The Hall–Kier alpha value is -1.35. The monoisotopic (exact) mass is 262 g/mol. The fraction of sp³-hybridized carbons (Fsp3) is 0.562. The molecule has 0 saturated heterocycles. The molecule has 0 aliphatic rings. The molecule has 1 amide bonds. The number of hydrogen-bond donors (Lipinski definition) is 2. The van der Waals surface area contributed by atoms with Gasteiger partial charge in [0.1, 0.15) is 0 Å². The Kier molecular flexibility index (Phi) is 6.57. The zero-order valence-corrected chi connectivity index (χ0v) is 12.5. The molecule has 3 heteroatoms. The molecule has 0 unspecified atom stereocenters. The maximum Gasteiger partial charge on any atom is 0.220 e. The zero-order chi connectivity index (χ0) is 14.3. The summed E-state index contributed by atoms with van der Waals surface area (Å²) in [6.07, 6.45) is 1.37. The van der Waals surface area contributed by atoms with Gasteiger partial charge in [0.05, 0.1) is 0 Å². The van der Waals surface area contributed by atoms with Crippen LogP contribution in [-0.2, 0) is 11.2 Å². The SMILES string of the molecule is CCN[C@H](C)CNC(=O)CCc1ccc(C)cc1C. The Labute approximate surface area is 116 Å². The Morgan fingerprint density at radius 3 is 2.68 bits per heavy atom. The van der Waals surface area contributed by atoms with Gasteiger partial charge in [0.2, 0.25) is 5.91 Å². The molecule has 1 atom stereocenters. The number of likely N-dealkylation sites (N-methyl/N-ethyl adjacent to an activating group) is 1. The van der Waals surface area contributed by atoms with E-state index in [1.54, 1.807) is 0 Å². The molecule has 1 aromatic carbocycles. The van der Waals surface area contributed by atoms with E-state index >= 15 is 0 Å². The molecule has 19 heavy (non-hydrogen) atoms. The lowest BCUT2D eigenvalue weighted by atomic mass is 10.0. The van der Waals surface area contributed by atoms with Crippen LogP contribution < -0.4 is 10.6 Å². The molecule has 0 aliphatic carbocycles. The van der Waals surface area contributed by atoms with E-state index < -0.39 is 0 Å². The van der Waals surface area contributed by atoms with E-state index in [1.165, 1.54) is 16.7 Å². The van der Waals surface area contributed by atoms with Gasteiger partial charge in [0, 0.05) is 19.0 Å². The van der Waals surface area contributed by atoms with Crippen LogP contribution in [0.5, 0.6) is 0 Å². The molecule has 0 heterocycles. The third-order valence-electron chi connectivity index (χ3n) is 3.28. The molecular formula is C16H26N2O. The molecule has 1 aromatic rings. The van der Waals surface area contributed by atoms with Crippen molar-refractivity contribution in [3.8, 4) is 0 Å². The molecule has 2 N–H and O–H groups in total. The molecule has 0 aliphatic heterocycles. The molecule has 0 spiro atoms. The summed E-state index contributed by atoms with van der Waals surface area (Å²) >= 11 is 0. The van der Waals surface area contributed by atoms with Crippen LogP contribution in [0, 0.1) is 13.8 Å². The van der Waals surface area contributed by atoms with Crippen LogP contribution in [0.25, 0.3) is 0 Å². The number of amides is 1. The smallest absolute Gasteiger partial charge is 0.220 e. The lowest BCUT2D eigenvalue weighted by molar-refractivity contribution is -0.121. The van der Waals surface area contributed by atoms with Crippen LogP contribution in [0.1, 0.15) is 37.0 Å². The number of carbonyl (C=O) groups excluding carboxylic acids is 1. The first-order valence-electron chi connectivity index (χ1n) is 7.09. The fourth-order valence-corrected chi connectivity index (χ4v) is 2.15. The topological polar surface area (TPSA) is 41.1 Å². The van der Waals surface area contributed by atoms with Gasteiger partial charge in [-0.05, 0) is 44.9 Å². The van der Waals surface area contributed by atoms with Crippen LogP contribution >= 0.6 is 0 Å². The molecule has 3 nitrogen and oxygen atoms in total. The Morgan fingerprint density at radius 1 is 1.32 bits per heavy atom. The van der Waals surface area contributed by atoms with Crippen molar-refractivity contribution in [3.05, 3.63) is 34.9 Å². The van der Waals surface area contributed by atoms with E-state index in [1.807, 2.05) is 0 Å². The number of nitrogens with one attached hydrogen (secondary N) is 2. The van der Waals surface area contributed by atoms with Gasteiger partial charge < -0.3 is 10.6 Å². The summed E-state index contributed by atoms with van der Waals surface area (Å²) in [5.41, 5.74) is 3.81. The van der Waals surface area contributed by atoms with Gasteiger partial charge in [-0.25, -0.2) is 0 Å². The second-order valence-electron chi connectivity index (χ2n) is 5.19. The van der Waals surface area contributed by atoms with Crippen molar-refractivity contribution >= 4 is 5.91 Å². The maximum atomic E-state index is 11.8. The van der Waals surface area contributed by atoms with Crippen molar-refractivity contribution in [2.45, 2.75) is 46.6 Å². The highest BCUT2D eigenvalue weighted by Gasteiger charge is 2.06. The van der Waals surface area contributed by atoms with E-state index in [0.29, 0.717) is 19.0 Å². The molecule has 1 rings (SSSR count). The van der Waals surface area contributed by atoms with Crippen molar-refractivity contribution in [1.29, 1.82) is 0 Å². The number of aryl methyl sites for hydroxylation is 3. The number of benzene rings is 1. The summed E-state index contributed by atoms with van der Waals surface area (Å²) < 4.78 is 0. The Balaban J connectivity index is 2.33. The minimum absolute atomic E-state index is 0.129. The van der Waals surface area contributed by atoms with Gasteiger partial charge in [0.15, 0.2) is 0 Å². The van der Waals surface area contributed by atoms with Gasteiger partial charge in [-0.15, -0.1) is 0 Å². The van der Waals surface area contributed by atoms with Crippen molar-refractivity contribution in [2.75, 3.05) is 13.1 Å². The lowest BCUT2D eigenvalue weighted by Gasteiger charge is -2.13. The van der Waals surface area contributed by atoms with Gasteiger partial charge in [-0.3, -0.25) is 4.79 Å². The maximum absolute atomic E-state index is 11.8. The van der Waals surface area contributed by atoms with Crippen molar-refractivity contribution in [3.63, 3.8) is 0 Å². The quantitative estimate of drug-likeness (QED) is 0.792. The summed E-state index contributed by atoms with van der Waals surface area (Å²) in [5, 5.41) is 6.24. The number of rotatable bonds is 7. The van der Waals surface area contributed by atoms with Gasteiger partial charge in [-0.1, -0.05) is 30.7 Å². The lowest BCUT2D eigenvalue weighted by Crippen LogP contribution is -2.38. The minimum Gasteiger partial charge on any atom is -0.355 e. The average molecular weight is 262 g/mol. The summed E-state index contributed by atoms with van der Waals surface area (Å²) in [6, 6.07) is 6.72. The molecule has 0 aromatic heterocycles. The van der Waals surface area contributed by atoms with Crippen LogP contribution in [0.3, 0.4) is 0 Å². The van der Waals surface area contributed by atoms with E-state index in [2.05, 4.69) is 56.5 Å². The third kappa shape index (κ3) is 5.88. The van der Waals surface area contributed by atoms with Gasteiger partial charge >= 0.3 is 0 Å². The predicted molar refractivity (Wildman–Crippen MR) is 80.4 cm³/mol. The van der Waals surface area contributed by atoms with E-state index in [0.717, 1.165) is 13.0 Å². The molecular weight excluding hydrogens is 236 g/mol. The summed E-state index contributed by atoms with van der Waals surface area (Å²) in [6.45, 7) is 9.96. The molecule has 0 saturated carbocycles. The molecule has 106 valence electrons. The second-order valence-corrected chi connectivity index (χ2v) is 5.19. The first-order chi connectivity index (χ1) is 9.02. The summed E-state index contributed by atoms with van der Waals surface area (Å²) in [7, 11) is 0. The van der Waals surface area contributed by atoms with Crippen molar-refractivity contribution in [2.24, 2.45) is 0 Å². The van der Waals surface area contributed by atoms with Crippen LogP contribution in [0.15, 0.2) is 18.2 Å². The standard InChI is InChI=1S/C16H26N2O/c1-5-17-14(4)11-18-16(19)9-8-15-7-6-12(2)10-13(15)3/h6-7,10,14,17H,5,8-9,11H2,1-4H3,(H,18,19)/t14-/m1/s1. The number of hydrogen-bond acceptors (Lipinski definition) is 2. The fourth-order valence-electron chi connectivity index (χ4n) is 2.15. The first-order valence-corrected chi connectivity index (χ1v) is 7.09. The van der Waals surface area contributed by atoms with Gasteiger partial charge in [0.25, 0.3) is 0 Å². The highest BCUT2D eigenvalue weighted by Crippen LogP contribution is 2.12. The number of carbonyl (C=O) groups is 1. The summed E-state index contributed by atoms with van der Waals surface area (Å²) in [5.74, 6) is 0.129. The molecule has 0 radical (unpaired) electrons. The summed E-state index contributed by atoms with van der Waals surface area (Å²) in [4.78, 5) is 11.8. The molecule has 0 bridgehead atoms. The first kappa shape index (κ1) is 15.7.